The number of carbonyl (C=O) groups excluding carboxylic acids is 1. The number of hydrogen-bond donors (Lipinski definition) is 1. The third kappa shape index (κ3) is 2.85. The van der Waals surface area contributed by atoms with Crippen molar-refractivity contribution in [1.29, 1.82) is 0 Å². The van der Waals surface area contributed by atoms with Gasteiger partial charge in [-0.3, -0.25) is 4.79 Å². The molecule has 1 aromatic carbocycles. The van der Waals surface area contributed by atoms with E-state index in [9.17, 15) is 4.79 Å². The second kappa shape index (κ2) is 5.81. The van der Waals surface area contributed by atoms with Gasteiger partial charge in [0, 0.05) is 0 Å². The Morgan fingerprint density at radius 1 is 1.11 bits per heavy atom. The van der Waals surface area contributed by atoms with Gasteiger partial charge in [-0.1, -0.05) is 51.4 Å². The molecule has 0 saturated heterocycles. The van der Waals surface area contributed by atoms with Gasteiger partial charge in [0.1, 0.15) is 0 Å². The monoisotopic (exact) mass is 257 g/mol. The summed E-state index contributed by atoms with van der Waals surface area (Å²) in [5, 5.41) is 0. The molecule has 1 amide bonds. The van der Waals surface area contributed by atoms with Gasteiger partial charge in [0.05, 0.1) is 13.3 Å². The first kappa shape index (κ1) is 15.8. The van der Waals surface area contributed by atoms with Crippen LogP contribution >= 0.6 is 0 Å². The molecule has 2 atom stereocenters. The lowest BCUT2D eigenvalue weighted by Gasteiger charge is -2.30. The van der Waals surface area contributed by atoms with Crippen molar-refractivity contribution in [2.75, 3.05) is 0 Å². The number of nitrogens with two attached hydrogens (primary N) is 1. The zero-order valence-corrected chi connectivity index (χ0v) is 12.5. The molecule has 0 aromatic heterocycles. The predicted octanol–water partition coefficient (Wildman–Crippen LogP) is 3.09. The Hall–Kier alpha value is -1.25. The summed E-state index contributed by atoms with van der Waals surface area (Å²) in [5.41, 5.74) is 7.12. The Labute approximate surface area is 118 Å². The van der Waals surface area contributed by atoms with Gasteiger partial charge in [-0.25, -0.2) is 0 Å². The third-order valence-corrected chi connectivity index (χ3v) is 4.70. The normalized spacial score (nSPS) is 17.5. The van der Waals surface area contributed by atoms with Gasteiger partial charge in [0.15, 0.2) is 0 Å². The molecule has 0 heterocycles. The van der Waals surface area contributed by atoms with Crippen molar-refractivity contribution in [3.05, 3.63) is 35.4 Å². The molecule has 0 fully saturated rings. The highest BCUT2D eigenvalue weighted by Gasteiger charge is 2.31. The van der Waals surface area contributed by atoms with Crippen LogP contribution in [0, 0.1) is 0 Å². The summed E-state index contributed by atoms with van der Waals surface area (Å²) in [6.45, 7) is 8.18. The maximum atomic E-state index is 11.6. The van der Waals surface area contributed by atoms with Crippen LogP contribution in [0.4, 0.5) is 0 Å². The first-order valence-corrected chi connectivity index (χ1v) is 6.95. The summed E-state index contributed by atoms with van der Waals surface area (Å²) in [6, 6.07) is 8.16. The van der Waals surface area contributed by atoms with E-state index in [-0.39, 0.29) is 11.3 Å². The molecule has 2 unspecified atom stereocenters. The lowest BCUT2D eigenvalue weighted by Crippen LogP contribution is -2.37. The van der Waals surface area contributed by atoms with Gasteiger partial charge in [-0.05, 0) is 36.3 Å². The predicted molar refractivity (Wildman–Crippen MR) is 81.5 cm³/mol. The first-order chi connectivity index (χ1) is 8.84. The number of primary amides is 1. The van der Waals surface area contributed by atoms with Crippen LogP contribution in [0.5, 0.6) is 0 Å². The van der Waals surface area contributed by atoms with E-state index in [2.05, 4.69) is 26.0 Å². The lowest BCUT2D eigenvalue weighted by atomic mass is 9.70. The van der Waals surface area contributed by atoms with Crippen LogP contribution in [-0.2, 0) is 15.6 Å². The molecule has 2 nitrogen and oxygen atoms in total. The Morgan fingerprint density at radius 3 is 1.89 bits per heavy atom. The molecule has 1 rings (SSSR count). The summed E-state index contributed by atoms with van der Waals surface area (Å²) in [4.78, 5) is 11.6. The maximum Gasteiger partial charge on any atom is 0.227 e. The van der Waals surface area contributed by atoms with Gasteiger partial charge in [-0.2, -0.15) is 0 Å². The van der Waals surface area contributed by atoms with Crippen LogP contribution < -0.4 is 5.73 Å². The average Bonchev–Trinajstić information content (AvgIpc) is 2.45. The highest BCUT2D eigenvalue weighted by Crippen LogP contribution is 2.33. The molecular weight excluding hydrogens is 233 g/mol. The van der Waals surface area contributed by atoms with E-state index < -0.39 is 5.41 Å². The van der Waals surface area contributed by atoms with E-state index in [1.54, 1.807) is 0 Å². The van der Waals surface area contributed by atoms with Crippen molar-refractivity contribution < 1.29 is 4.79 Å². The number of benzene rings is 1. The SMILES string of the molecule is [B]CC(C)(CC)c1ccc(C(C)(CC)C(N)=O)cc1. The fraction of sp³-hybridized carbons (Fsp3) is 0.562. The van der Waals surface area contributed by atoms with E-state index in [1.807, 2.05) is 26.0 Å². The zero-order chi connectivity index (χ0) is 14.7. The number of amides is 1. The van der Waals surface area contributed by atoms with Gasteiger partial charge in [0.25, 0.3) is 0 Å². The molecule has 2 N–H and O–H groups in total. The molecule has 19 heavy (non-hydrogen) atoms. The summed E-state index contributed by atoms with van der Waals surface area (Å²) in [5.74, 6) is -0.278. The Balaban J connectivity index is 3.16. The minimum absolute atomic E-state index is 0.00608. The van der Waals surface area contributed by atoms with Crippen molar-refractivity contribution in [2.45, 2.75) is 57.7 Å². The molecule has 3 heteroatoms. The Morgan fingerprint density at radius 2 is 1.58 bits per heavy atom. The van der Waals surface area contributed by atoms with E-state index in [0.717, 1.165) is 12.0 Å². The van der Waals surface area contributed by atoms with Crippen molar-refractivity contribution in [3.63, 3.8) is 0 Å². The van der Waals surface area contributed by atoms with Crippen molar-refractivity contribution in [1.82, 2.24) is 0 Å². The van der Waals surface area contributed by atoms with Gasteiger partial charge >= 0.3 is 0 Å². The third-order valence-electron chi connectivity index (χ3n) is 4.70. The molecule has 0 aliphatic carbocycles. The Bertz CT molecular complexity index is 437. The Kier molecular flexibility index (Phi) is 4.83. The molecule has 0 aliphatic heterocycles. The molecule has 102 valence electrons. The minimum Gasteiger partial charge on any atom is -0.369 e. The number of rotatable bonds is 6. The molecule has 0 aliphatic rings. The quantitative estimate of drug-likeness (QED) is 0.782. The summed E-state index contributed by atoms with van der Waals surface area (Å²) in [7, 11) is 5.87. The highest BCUT2D eigenvalue weighted by molar-refractivity contribution is 6.09. The fourth-order valence-electron chi connectivity index (χ4n) is 2.23. The zero-order valence-electron chi connectivity index (χ0n) is 12.5. The topological polar surface area (TPSA) is 43.1 Å². The summed E-state index contributed by atoms with van der Waals surface area (Å²) >= 11 is 0. The molecule has 0 spiro atoms. The number of carbonyl (C=O) groups is 1. The largest absolute Gasteiger partial charge is 0.369 e. The summed E-state index contributed by atoms with van der Waals surface area (Å²) in [6.07, 6.45) is 2.30. The van der Waals surface area contributed by atoms with Gasteiger partial charge in [-0.15, -0.1) is 0 Å². The van der Waals surface area contributed by atoms with Crippen LogP contribution in [0.3, 0.4) is 0 Å². The average molecular weight is 257 g/mol. The van der Waals surface area contributed by atoms with Crippen molar-refractivity contribution >= 4 is 13.8 Å². The number of hydrogen-bond acceptors (Lipinski definition) is 1. The summed E-state index contributed by atoms with van der Waals surface area (Å²) < 4.78 is 0. The highest BCUT2D eigenvalue weighted by atomic mass is 16.1. The molecule has 0 bridgehead atoms. The van der Waals surface area contributed by atoms with Crippen molar-refractivity contribution in [3.8, 4) is 0 Å². The fourth-order valence-corrected chi connectivity index (χ4v) is 2.23. The lowest BCUT2D eigenvalue weighted by molar-refractivity contribution is -0.123. The minimum atomic E-state index is -0.593. The first-order valence-electron chi connectivity index (χ1n) is 6.95. The van der Waals surface area contributed by atoms with E-state index in [4.69, 9.17) is 13.6 Å². The van der Waals surface area contributed by atoms with Crippen LogP contribution in [0.15, 0.2) is 24.3 Å². The van der Waals surface area contributed by atoms with Crippen LogP contribution in [0.2, 0.25) is 6.32 Å². The second-order valence-electron chi connectivity index (χ2n) is 5.75. The van der Waals surface area contributed by atoms with E-state index in [0.29, 0.717) is 12.7 Å². The molecule has 0 saturated carbocycles. The standard InChI is InChI=1S/C16H24BNO/c1-5-15(3,11-17)12-7-9-13(10-8-12)16(4,6-2)14(18)19/h7-10H,5-6,11H2,1-4H3,(H2,18,19). The van der Waals surface area contributed by atoms with E-state index in [1.165, 1.54) is 5.56 Å². The van der Waals surface area contributed by atoms with Gasteiger partial charge in [0.2, 0.25) is 5.91 Å². The van der Waals surface area contributed by atoms with Crippen LogP contribution in [0.1, 0.15) is 51.7 Å². The molecule has 2 radical (unpaired) electrons. The van der Waals surface area contributed by atoms with Crippen LogP contribution in [-0.4, -0.2) is 13.8 Å². The van der Waals surface area contributed by atoms with E-state index >= 15 is 0 Å². The van der Waals surface area contributed by atoms with Crippen LogP contribution in [0.25, 0.3) is 0 Å². The second-order valence-corrected chi connectivity index (χ2v) is 5.75. The van der Waals surface area contributed by atoms with Crippen molar-refractivity contribution in [2.24, 2.45) is 5.73 Å². The van der Waals surface area contributed by atoms with Gasteiger partial charge < -0.3 is 5.73 Å². The molecular formula is C16H24BNO. The molecule has 1 aromatic rings. The smallest absolute Gasteiger partial charge is 0.227 e. The maximum absolute atomic E-state index is 11.6.